The average molecular weight is 220 g/mol. The van der Waals surface area contributed by atoms with Crippen LogP contribution >= 0.6 is 0 Å². The lowest BCUT2D eigenvalue weighted by molar-refractivity contribution is 0.327. The molecule has 4 nitrogen and oxygen atoms in total. The first-order valence-corrected chi connectivity index (χ1v) is 5.42. The van der Waals surface area contributed by atoms with Crippen molar-refractivity contribution in [1.82, 2.24) is 5.32 Å². The lowest BCUT2D eigenvalue weighted by Crippen LogP contribution is -2.20. The minimum absolute atomic E-state index is 0.651. The molecular formula is C12H16N2O2. The molecule has 2 rings (SSSR count). The molecule has 0 radical (unpaired) electrons. The van der Waals surface area contributed by atoms with Crippen molar-refractivity contribution in [1.29, 1.82) is 0 Å². The van der Waals surface area contributed by atoms with Crippen molar-refractivity contribution in [3.05, 3.63) is 24.3 Å². The standard InChI is InChI=1S/C12H16N2O2/c1-15-10-2-4-11(5-3-10)16-9-6-12-13-7-8-14-12/h2-5H,6-9H2,1H3,(H,13,14). The molecule has 0 aromatic heterocycles. The Morgan fingerprint density at radius 2 is 2.00 bits per heavy atom. The Morgan fingerprint density at radius 3 is 2.62 bits per heavy atom. The number of amidine groups is 1. The van der Waals surface area contributed by atoms with E-state index in [2.05, 4.69) is 10.3 Å². The predicted molar refractivity (Wildman–Crippen MR) is 63.4 cm³/mol. The van der Waals surface area contributed by atoms with Gasteiger partial charge in [0.05, 0.1) is 26.1 Å². The van der Waals surface area contributed by atoms with Crippen molar-refractivity contribution >= 4 is 5.84 Å². The minimum atomic E-state index is 0.651. The lowest BCUT2D eigenvalue weighted by atomic mass is 10.3. The largest absolute Gasteiger partial charge is 0.497 e. The van der Waals surface area contributed by atoms with Crippen molar-refractivity contribution in [3.8, 4) is 11.5 Å². The summed E-state index contributed by atoms with van der Waals surface area (Å²) < 4.78 is 10.7. The molecule has 0 saturated carbocycles. The highest BCUT2D eigenvalue weighted by atomic mass is 16.5. The molecule has 1 aromatic carbocycles. The van der Waals surface area contributed by atoms with Crippen molar-refractivity contribution in [2.45, 2.75) is 6.42 Å². The fourth-order valence-electron chi connectivity index (χ4n) is 1.55. The van der Waals surface area contributed by atoms with Crippen molar-refractivity contribution in [2.24, 2.45) is 4.99 Å². The van der Waals surface area contributed by atoms with E-state index in [1.54, 1.807) is 7.11 Å². The van der Waals surface area contributed by atoms with Crippen LogP contribution in [0.5, 0.6) is 11.5 Å². The van der Waals surface area contributed by atoms with Gasteiger partial charge < -0.3 is 14.8 Å². The second kappa shape index (κ2) is 5.39. The van der Waals surface area contributed by atoms with Crippen LogP contribution in [0.4, 0.5) is 0 Å². The fourth-order valence-corrected chi connectivity index (χ4v) is 1.55. The highest BCUT2D eigenvalue weighted by Gasteiger charge is 2.04. The minimum Gasteiger partial charge on any atom is -0.497 e. The highest BCUT2D eigenvalue weighted by Crippen LogP contribution is 2.17. The molecule has 16 heavy (non-hydrogen) atoms. The number of nitrogens with zero attached hydrogens (tertiary/aromatic N) is 1. The van der Waals surface area contributed by atoms with Gasteiger partial charge in [0.1, 0.15) is 11.5 Å². The van der Waals surface area contributed by atoms with Gasteiger partial charge in [0, 0.05) is 13.0 Å². The molecule has 0 fully saturated rings. The zero-order chi connectivity index (χ0) is 11.2. The fraction of sp³-hybridized carbons (Fsp3) is 0.417. The summed E-state index contributed by atoms with van der Waals surface area (Å²) in [6.07, 6.45) is 0.839. The van der Waals surface area contributed by atoms with Gasteiger partial charge in [-0.3, -0.25) is 4.99 Å². The first kappa shape index (κ1) is 10.8. The zero-order valence-electron chi connectivity index (χ0n) is 9.40. The molecule has 0 amide bonds. The zero-order valence-corrected chi connectivity index (χ0v) is 9.40. The van der Waals surface area contributed by atoms with E-state index in [-0.39, 0.29) is 0 Å². The molecule has 1 aliphatic heterocycles. The molecule has 4 heteroatoms. The maximum absolute atomic E-state index is 5.59. The molecule has 0 saturated heterocycles. The molecule has 1 aromatic rings. The molecule has 1 heterocycles. The SMILES string of the molecule is COc1ccc(OCCC2=NCCN2)cc1. The van der Waals surface area contributed by atoms with Gasteiger partial charge in [-0.25, -0.2) is 0 Å². The van der Waals surface area contributed by atoms with Crippen LogP contribution in [0.15, 0.2) is 29.3 Å². The molecule has 1 N–H and O–H groups in total. The molecule has 0 unspecified atom stereocenters. The average Bonchev–Trinajstić information content (AvgIpc) is 2.83. The molecule has 0 atom stereocenters. The lowest BCUT2D eigenvalue weighted by Gasteiger charge is -2.07. The Morgan fingerprint density at radius 1 is 1.25 bits per heavy atom. The first-order chi connectivity index (χ1) is 7.88. The van der Waals surface area contributed by atoms with E-state index in [0.29, 0.717) is 6.61 Å². The summed E-state index contributed by atoms with van der Waals surface area (Å²) >= 11 is 0. The van der Waals surface area contributed by atoms with Gasteiger partial charge >= 0.3 is 0 Å². The van der Waals surface area contributed by atoms with Crippen LogP contribution in [0.1, 0.15) is 6.42 Å². The van der Waals surface area contributed by atoms with Gasteiger partial charge in [0.25, 0.3) is 0 Å². The van der Waals surface area contributed by atoms with Gasteiger partial charge in [-0.2, -0.15) is 0 Å². The van der Waals surface area contributed by atoms with Crippen LogP contribution in [-0.2, 0) is 0 Å². The predicted octanol–water partition coefficient (Wildman–Crippen LogP) is 1.47. The number of ether oxygens (including phenoxy) is 2. The summed E-state index contributed by atoms with van der Waals surface area (Å²) in [5.74, 6) is 2.75. The quantitative estimate of drug-likeness (QED) is 0.817. The van der Waals surface area contributed by atoms with Crippen LogP contribution in [0.2, 0.25) is 0 Å². The van der Waals surface area contributed by atoms with E-state index in [1.165, 1.54) is 0 Å². The summed E-state index contributed by atoms with van der Waals surface area (Å²) in [6, 6.07) is 7.59. The van der Waals surface area contributed by atoms with Gasteiger partial charge in [-0.05, 0) is 24.3 Å². The van der Waals surface area contributed by atoms with Crippen molar-refractivity contribution < 1.29 is 9.47 Å². The third-order valence-corrected chi connectivity index (χ3v) is 2.41. The normalized spacial score (nSPS) is 14.2. The molecule has 0 aliphatic carbocycles. The Balaban J connectivity index is 1.76. The van der Waals surface area contributed by atoms with Gasteiger partial charge in [-0.15, -0.1) is 0 Å². The Labute approximate surface area is 95.3 Å². The number of rotatable bonds is 5. The van der Waals surface area contributed by atoms with Crippen LogP contribution in [0.3, 0.4) is 0 Å². The van der Waals surface area contributed by atoms with E-state index in [9.17, 15) is 0 Å². The third-order valence-electron chi connectivity index (χ3n) is 2.41. The van der Waals surface area contributed by atoms with Crippen molar-refractivity contribution in [2.75, 3.05) is 26.8 Å². The Bertz CT molecular complexity index is 360. The molecule has 0 spiro atoms. The van der Waals surface area contributed by atoms with Gasteiger partial charge in [-0.1, -0.05) is 0 Å². The summed E-state index contributed by atoms with van der Waals surface area (Å²) in [4.78, 5) is 4.30. The smallest absolute Gasteiger partial charge is 0.119 e. The Hall–Kier alpha value is -1.71. The maximum atomic E-state index is 5.59. The van der Waals surface area contributed by atoms with Crippen LogP contribution in [0, 0.1) is 0 Å². The van der Waals surface area contributed by atoms with E-state index in [4.69, 9.17) is 9.47 Å². The summed E-state index contributed by atoms with van der Waals surface area (Å²) in [5, 5.41) is 3.21. The molecular weight excluding hydrogens is 204 g/mol. The van der Waals surface area contributed by atoms with Gasteiger partial charge in [0.2, 0.25) is 0 Å². The number of nitrogens with one attached hydrogen (secondary N) is 1. The molecule has 86 valence electrons. The number of hydrogen-bond acceptors (Lipinski definition) is 4. The number of benzene rings is 1. The maximum Gasteiger partial charge on any atom is 0.119 e. The van der Waals surface area contributed by atoms with Crippen LogP contribution in [-0.4, -0.2) is 32.6 Å². The number of methoxy groups -OCH3 is 1. The third kappa shape index (κ3) is 2.89. The monoisotopic (exact) mass is 220 g/mol. The Kier molecular flexibility index (Phi) is 3.64. The summed E-state index contributed by atoms with van der Waals surface area (Å²) in [7, 11) is 1.65. The number of aliphatic imine (C=N–C) groups is 1. The van der Waals surface area contributed by atoms with Crippen molar-refractivity contribution in [3.63, 3.8) is 0 Å². The highest BCUT2D eigenvalue weighted by molar-refractivity contribution is 5.83. The van der Waals surface area contributed by atoms with Gasteiger partial charge in [0.15, 0.2) is 0 Å². The van der Waals surface area contributed by atoms with E-state index in [1.807, 2.05) is 24.3 Å². The second-order valence-electron chi connectivity index (χ2n) is 3.53. The summed E-state index contributed by atoms with van der Waals surface area (Å²) in [6.45, 7) is 2.49. The summed E-state index contributed by atoms with van der Waals surface area (Å²) in [5.41, 5.74) is 0. The van der Waals surface area contributed by atoms with E-state index in [0.717, 1.165) is 36.8 Å². The number of hydrogen-bond donors (Lipinski definition) is 1. The molecule has 0 bridgehead atoms. The topological polar surface area (TPSA) is 42.9 Å². The first-order valence-electron chi connectivity index (χ1n) is 5.42. The second-order valence-corrected chi connectivity index (χ2v) is 3.53. The van der Waals surface area contributed by atoms with Crippen LogP contribution < -0.4 is 14.8 Å². The van der Waals surface area contributed by atoms with Crippen LogP contribution in [0.25, 0.3) is 0 Å². The van der Waals surface area contributed by atoms with E-state index < -0.39 is 0 Å². The van der Waals surface area contributed by atoms with E-state index >= 15 is 0 Å². The molecule has 1 aliphatic rings.